The van der Waals surface area contributed by atoms with Gasteiger partial charge in [-0.3, -0.25) is 14.9 Å². The van der Waals surface area contributed by atoms with E-state index in [1.54, 1.807) is 12.1 Å². The number of benzene rings is 2. The van der Waals surface area contributed by atoms with Gasteiger partial charge in [0.2, 0.25) is 11.7 Å². The van der Waals surface area contributed by atoms with Gasteiger partial charge >= 0.3 is 5.69 Å². The van der Waals surface area contributed by atoms with Crippen molar-refractivity contribution in [2.45, 2.75) is 11.3 Å². The van der Waals surface area contributed by atoms with Crippen molar-refractivity contribution in [3.8, 4) is 0 Å². The largest absolute Gasteiger partial charge is 0.326 e. The first-order chi connectivity index (χ1) is 11.0. The van der Waals surface area contributed by atoms with E-state index in [1.807, 2.05) is 0 Å². The van der Waals surface area contributed by atoms with Gasteiger partial charge in [0.1, 0.15) is 5.82 Å². The Morgan fingerprint density at radius 1 is 1.17 bits per heavy atom. The average molecular weight is 338 g/mol. The number of hydrogen-bond donors (Lipinski definition) is 1. The van der Waals surface area contributed by atoms with E-state index in [2.05, 4.69) is 5.32 Å². The topological polar surface area (TPSA) is 72.2 Å². The number of thioether (sulfide) groups is 1. The number of carbonyl (C=O) groups is 1. The summed E-state index contributed by atoms with van der Waals surface area (Å²) in [6, 6.07) is 9.05. The minimum absolute atomic E-state index is 0.160. The predicted octanol–water partition coefficient (Wildman–Crippen LogP) is 3.99. The molecule has 23 heavy (non-hydrogen) atoms. The molecule has 0 spiro atoms. The van der Waals surface area contributed by atoms with Crippen molar-refractivity contribution in [2.24, 2.45) is 0 Å². The first kappa shape index (κ1) is 16.9. The minimum atomic E-state index is -0.958. The van der Waals surface area contributed by atoms with Gasteiger partial charge in [0.15, 0.2) is 0 Å². The quantitative estimate of drug-likeness (QED) is 0.491. The summed E-state index contributed by atoms with van der Waals surface area (Å²) in [5.41, 5.74) is -0.529. The summed E-state index contributed by atoms with van der Waals surface area (Å²) in [7, 11) is 0. The smallest absolute Gasteiger partial charge is 0.306 e. The number of anilines is 1. The van der Waals surface area contributed by atoms with E-state index < -0.39 is 16.4 Å². The van der Waals surface area contributed by atoms with Gasteiger partial charge in [-0.1, -0.05) is 0 Å². The maximum Gasteiger partial charge on any atom is 0.306 e. The van der Waals surface area contributed by atoms with Crippen LogP contribution in [0, 0.1) is 21.7 Å². The van der Waals surface area contributed by atoms with Gasteiger partial charge in [0, 0.05) is 28.8 Å². The van der Waals surface area contributed by atoms with Gasteiger partial charge in [-0.05, 0) is 36.4 Å². The number of halogens is 2. The van der Waals surface area contributed by atoms with E-state index in [9.17, 15) is 23.7 Å². The average Bonchev–Trinajstić information content (AvgIpc) is 2.51. The first-order valence-corrected chi connectivity index (χ1v) is 7.56. The molecule has 120 valence electrons. The lowest BCUT2D eigenvalue weighted by Crippen LogP contribution is -2.12. The van der Waals surface area contributed by atoms with E-state index >= 15 is 0 Å². The van der Waals surface area contributed by atoms with Crippen molar-refractivity contribution in [1.29, 1.82) is 0 Å². The van der Waals surface area contributed by atoms with Crippen LogP contribution in [0.3, 0.4) is 0 Å². The Morgan fingerprint density at radius 2 is 1.87 bits per heavy atom. The molecular weight excluding hydrogens is 326 g/mol. The second-order valence-corrected chi connectivity index (χ2v) is 5.69. The zero-order valence-corrected chi connectivity index (χ0v) is 12.6. The molecule has 0 atom stereocenters. The standard InChI is InChI=1S/C15H12F2N2O3S/c16-10-1-4-12(5-2-10)23-8-7-15(20)18-11-3-6-13(17)14(9-11)19(21)22/h1-6,9H,7-8H2,(H,18,20). The Bertz CT molecular complexity index is 723. The lowest BCUT2D eigenvalue weighted by Gasteiger charge is -2.05. The molecule has 0 unspecified atom stereocenters. The highest BCUT2D eigenvalue weighted by Gasteiger charge is 2.15. The van der Waals surface area contributed by atoms with Crippen LogP contribution in [0.2, 0.25) is 0 Å². The Hall–Kier alpha value is -2.48. The van der Waals surface area contributed by atoms with Crippen LogP contribution in [-0.4, -0.2) is 16.6 Å². The summed E-state index contributed by atoms with van der Waals surface area (Å²) >= 11 is 1.38. The monoisotopic (exact) mass is 338 g/mol. The highest BCUT2D eigenvalue weighted by molar-refractivity contribution is 7.99. The lowest BCUT2D eigenvalue weighted by atomic mass is 10.2. The van der Waals surface area contributed by atoms with E-state index in [1.165, 1.54) is 30.0 Å². The van der Waals surface area contributed by atoms with Crippen LogP contribution < -0.4 is 5.32 Å². The molecular formula is C15H12F2N2O3S. The van der Waals surface area contributed by atoms with Gasteiger partial charge in [-0.15, -0.1) is 11.8 Å². The zero-order valence-electron chi connectivity index (χ0n) is 11.8. The van der Waals surface area contributed by atoms with Crippen LogP contribution in [0.25, 0.3) is 0 Å². The Balaban J connectivity index is 1.86. The van der Waals surface area contributed by atoms with E-state index in [0.717, 1.165) is 17.0 Å². The van der Waals surface area contributed by atoms with Gasteiger partial charge in [0.05, 0.1) is 4.92 Å². The highest BCUT2D eigenvalue weighted by Crippen LogP contribution is 2.22. The van der Waals surface area contributed by atoms with Crippen LogP contribution in [0.5, 0.6) is 0 Å². The summed E-state index contributed by atoms with van der Waals surface area (Å²) in [6.07, 6.45) is 0.160. The second kappa shape index (κ2) is 7.68. The van der Waals surface area contributed by atoms with Crippen LogP contribution in [0.4, 0.5) is 20.2 Å². The lowest BCUT2D eigenvalue weighted by molar-refractivity contribution is -0.387. The Morgan fingerprint density at radius 3 is 2.52 bits per heavy atom. The molecule has 0 fully saturated rings. The van der Waals surface area contributed by atoms with Crippen molar-refractivity contribution in [3.63, 3.8) is 0 Å². The summed E-state index contributed by atoms with van der Waals surface area (Å²) < 4.78 is 25.9. The van der Waals surface area contributed by atoms with Crippen molar-refractivity contribution in [2.75, 3.05) is 11.1 Å². The molecule has 0 aliphatic carbocycles. The summed E-state index contributed by atoms with van der Waals surface area (Å²) in [6.45, 7) is 0. The fraction of sp³-hybridized carbons (Fsp3) is 0.133. The number of nitrogens with one attached hydrogen (secondary N) is 1. The molecule has 0 saturated heterocycles. The van der Waals surface area contributed by atoms with E-state index in [4.69, 9.17) is 0 Å². The van der Waals surface area contributed by atoms with E-state index in [0.29, 0.717) is 5.75 Å². The normalized spacial score (nSPS) is 10.3. The molecule has 5 nitrogen and oxygen atoms in total. The number of nitro groups is 1. The third kappa shape index (κ3) is 5.03. The summed E-state index contributed by atoms with van der Waals surface area (Å²) in [5, 5.41) is 13.1. The Kier molecular flexibility index (Phi) is 5.64. The number of nitro benzene ring substituents is 1. The van der Waals surface area contributed by atoms with Crippen molar-refractivity contribution in [3.05, 3.63) is 64.2 Å². The minimum Gasteiger partial charge on any atom is -0.326 e. The molecule has 2 aromatic rings. The van der Waals surface area contributed by atoms with Crippen molar-refractivity contribution in [1.82, 2.24) is 0 Å². The fourth-order valence-corrected chi connectivity index (χ4v) is 2.60. The number of nitrogens with zero attached hydrogens (tertiary/aromatic N) is 1. The van der Waals surface area contributed by atoms with Crippen molar-refractivity contribution >= 4 is 29.0 Å². The number of hydrogen-bond acceptors (Lipinski definition) is 4. The zero-order chi connectivity index (χ0) is 16.8. The van der Waals surface area contributed by atoms with Gasteiger partial charge in [-0.25, -0.2) is 4.39 Å². The SMILES string of the molecule is O=C(CCSc1ccc(F)cc1)Nc1ccc(F)c([N+](=O)[O-])c1. The molecule has 1 amide bonds. The van der Waals surface area contributed by atoms with Gasteiger partial charge in [0.25, 0.3) is 0 Å². The van der Waals surface area contributed by atoms with Gasteiger partial charge in [-0.2, -0.15) is 4.39 Å². The molecule has 0 aliphatic rings. The summed E-state index contributed by atoms with van der Waals surface area (Å²) in [4.78, 5) is 22.4. The highest BCUT2D eigenvalue weighted by atomic mass is 32.2. The number of rotatable bonds is 6. The molecule has 8 heteroatoms. The molecule has 1 N–H and O–H groups in total. The molecule has 0 bridgehead atoms. The van der Waals surface area contributed by atoms with Crippen LogP contribution >= 0.6 is 11.8 Å². The molecule has 0 aromatic heterocycles. The van der Waals surface area contributed by atoms with Gasteiger partial charge < -0.3 is 5.32 Å². The fourth-order valence-electron chi connectivity index (χ4n) is 1.75. The Labute approximate surface area is 134 Å². The third-order valence-electron chi connectivity index (χ3n) is 2.84. The maximum absolute atomic E-state index is 13.2. The maximum atomic E-state index is 13.2. The molecule has 0 radical (unpaired) electrons. The predicted molar refractivity (Wildman–Crippen MR) is 83.4 cm³/mol. The molecule has 0 aliphatic heterocycles. The second-order valence-electron chi connectivity index (χ2n) is 4.52. The van der Waals surface area contributed by atoms with Crippen LogP contribution in [0.15, 0.2) is 47.4 Å². The van der Waals surface area contributed by atoms with Crippen LogP contribution in [0.1, 0.15) is 6.42 Å². The first-order valence-electron chi connectivity index (χ1n) is 6.58. The van der Waals surface area contributed by atoms with Crippen molar-refractivity contribution < 1.29 is 18.5 Å². The molecule has 0 heterocycles. The molecule has 2 aromatic carbocycles. The number of amides is 1. The summed E-state index contributed by atoms with van der Waals surface area (Å²) in [5.74, 6) is -1.17. The van der Waals surface area contributed by atoms with Crippen LogP contribution in [-0.2, 0) is 4.79 Å². The van der Waals surface area contributed by atoms with E-state index in [-0.39, 0.29) is 23.8 Å². The molecule has 0 saturated carbocycles. The molecule has 2 rings (SSSR count). The number of carbonyl (C=O) groups excluding carboxylic acids is 1. The third-order valence-corrected chi connectivity index (χ3v) is 3.85.